The third-order valence-electron chi connectivity index (χ3n) is 12.4. The lowest BCUT2D eigenvalue weighted by atomic mass is 9.97. The van der Waals surface area contributed by atoms with Gasteiger partial charge in [-0.05, 0) is 97.2 Å². The Morgan fingerprint density at radius 1 is 0.796 bits per heavy atom. The number of imidazole rings is 1. The normalized spacial score (nSPS) is 21.0. The summed E-state index contributed by atoms with van der Waals surface area (Å²) >= 11 is 0. The summed E-state index contributed by atoms with van der Waals surface area (Å²) in [7, 11) is 1.66. The molecule has 54 heavy (non-hydrogen) atoms. The van der Waals surface area contributed by atoms with E-state index in [4.69, 9.17) is 15.5 Å². The van der Waals surface area contributed by atoms with Gasteiger partial charge in [-0.25, -0.2) is 4.98 Å². The average Bonchev–Trinajstić information content (AvgIpc) is 3.53. The predicted molar refractivity (Wildman–Crippen MR) is 208 cm³/mol. The molecule has 2 amide bonds. The van der Waals surface area contributed by atoms with Crippen molar-refractivity contribution in [3.63, 3.8) is 0 Å². The molecule has 4 aromatic carbocycles. The van der Waals surface area contributed by atoms with Gasteiger partial charge in [0, 0.05) is 72.8 Å². The number of para-hydroxylation sites is 1. The highest BCUT2D eigenvalue weighted by Gasteiger charge is 2.47. The van der Waals surface area contributed by atoms with Gasteiger partial charge in [-0.3, -0.25) is 9.59 Å². The highest BCUT2D eigenvalue weighted by atomic mass is 16.5. The molecule has 2 saturated carbocycles. The van der Waals surface area contributed by atoms with E-state index in [0.29, 0.717) is 54.9 Å². The Morgan fingerprint density at radius 2 is 1.52 bits per heavy atom. The maximum atomic E-state index is 14.0. The van der Waals surface area contributed by atoms with Gasteiger partial charge in [-0.15, -0.1) is 0 Å². The number of likely N-dealkylation sites (tertiary alicyclic amines) is 2. The second-order valence-electron chi connectivity index (χ2n) is 15.9. The van der Waals surface area contributed by atoms with Crippen molar-refractivity contribution < 1.29 is 19.4 Å². The predicted octanol–water partition coefficient (Wildman–Crippen LogP) is 6.78. The third kappa shape index (κ3) is 5.54. The molecule has 2 aliphatic carbocycles. The molecule has 4 aliphatic rings. The van der Waals surface area contributed by atoms with Gasteiger partial charge in [0.1, 0.15) is 17.0 Å². The number of nitrogens with two attached hydrogens (primary N) is 1. The van der Waals surface area contributed by atoms with Crippen LogP contribution in [-0.4, -0.2) is 79.7 Å². The van der Waals surface area contributed by atoms with Crippen LogP contribution in [0.5, 0.6) is 11.5 Å². The third-order valence-corrected chi connectivity index (χ3v) is 12.4. The number of nitrogens with zero attached hydrogens (tertiary/aromatic N) is 5. The van der Waals surface area contributed by atoms with Crippen LogP contribution in [0.2, 0.25) is 0 Å². The van der Waals surface area contributed by atoms with Crippen LogP contribution in [0.25, 0.3) is 44.6 Å². The van der Waals surface area contributed by atoms with Crippen LogP contribution in [0, 0.1) is 17.8 Å². The topological polar surface area (TPSA) is 119 Å². The van der Waals surface area contributed by atoms with Crippen molar-refractivity contribution in [1.82, 2.24) is 23.9 Å². The second kappa shape index (κ2) is 12.8. The monoisotopic (exact) mass is 720 g/mol. The smallest absolute Gasteiger partial charge is 0.254 e. The minimum Gasteiger partial charge on any atom is -0.508 e. The standard InChI is InChI=1S/C44H44N6O4/c1-54-39-20-33(44(53)49-25-32-14-17-37(49)40(32)45)18-35-41(39)50(42(46-35)38-19-31-4-2-3-5-36(31)48(38)23-26-6-7-26)24-27-21-47(22-27)43(52)30-10-8-28(9-11-30)29-12-15-34(51)16-13-29/h2-5,8-13,15-16,18-20,26-27,32,37,40,51H,6-7,14,17,21-25,45H2,1H3/t32?,37?,40-/m1/s1. The van der Waals surface area contributed by atoms with Crippen molar-refractivity contribution >= 4 is 33.8 Å². The van der Waals surface area contributed by atoms with E-state index in [9.17, 15) is 14.7 Å². The number of carbonyl (C=O) groups excluding carboxylic acids is 2. The van der Waals surface area contributed by atoms with Crippen LogP contribution in [0.4, 0.5) is 0 Å². The number of fused-ring (bicyclic) bond motifs is 4. The highest BCUT2D eigenvalue weighted by Crippen LogP contribution is 2.41. The minimum atomic E-state index is -0.0129. The second-order valence-corrected chi connectivity index (χ2v) is 15.9. The maximum absolute atomic E-state index is 14.0. The van der Waals surface area contributed by atoms with E-state index in [0.717, 1.165) is 53.1 Å². The molecule has 3 N–H and O–H groups in total. The lowest BCUT2D eigenvalue weighted by molar-refractivity contribution is 0.0471. The summed E-state index contributed by atoms with van der Waals surface area (Å²) in [5, 5.41) is 10.8. The summed E-state index contributed by atoms with van der Waals surface area (Å²) < 4.78 is 10.8. The molecule has 3 atom stereocenters. The number of rotatable bonds is 9. The van der Waals surface area contributed by atoms with Gasteiger partial charge in [0.15, 0.2) is 5.82 Å². The van der Waals surface area contributed by atoms with Gasteiger partial charge in [-0.2, -0.15) is 0 Å². The molecule has 0 spiro atoms. The number of benzene rings is 4. The van der Waals surface area contributed by atoms with Gasteiger partial charge in [0.05, 0.1) is 18.3 Å². The largest absolute Gasteiger partial charge is 0.508 e. The van der Waals surface area contributed by atoms with E-state index >= 15 is 0 Å². The summed E-state index contributed by atoms with van der Waals surface area (Å²) in [5.74, 6) is 2.91. The fraction of sp³-hybridized carbons (Fsp3) is 0.341. The minimum absolute atomic E-state index is 0.0129. The van der Waals surface area contributed by atoms with Gasteiger partial charge in [-0.1, -0.05) is 42.5 Å². The summed E-state index contributed by atoms with van der Waals surface area (Å²) in [6, 6.07) is 29.4. The molecule has 2 aliphatic heterocycles. The molecule has 2 aromatic heterocycles. The van der Waals surface area contributed by atoms with Crippen molar-refractivity contribution in [2.45, 2.75) is 50.9 Å². The van der Waals surface area contributed by atoms with Crippen LogP contribution in [0.3, 0.4) is 0 Å². The summed E-state index contributed by atoms with van der Waals surface area (Å²) in [6.45, 7) is 3.53. The number of amides is 2. The van der Waals surface area contributed by atoms with Crippen LogP contribution >= 0.6 is 0 Å². The molecular weight excluding hydrogens is 677 g/mol. The molecule has 274 valence electrons. The number of hydrogen-bond acceptors (Lipinski definition) is 6. The quantitative estimate of drug-likeness (QED) is 0.170. The fourth-order valence-corrected chi connectivity index (χ4v) is 9.23. The molecule has 2 unspecified atom stereocenters. The van der Waals surface area contributed by atoms with E-state index in [-0.39, 0.29) is 35.6 Å². The number of carbonyl (C=O) groups is 2. The zero-order valence-corrected chi connectivity index (χ0v) is 30.4. The summed E-state index contributed by atoms with van der Waals surface area (Å²) in [6.07, 6.45) is 4.50. The number of aromatic nitrogens is 3. The number of methoxy groups -OCH3 is 1. The lowest BCUT2D eigenvalue weighted by Gasteiger charge is -2.40. The zero-order chi connectivity index (χ0) is 36.7. The average molecular weight is 721 g/mol. The van der Waals surface area contributed by atoms with Crippen molar-refractivity contribution in [2.75, 3.05) is 26.7 Å². The molecule has 4 heterocycles. The lowest BCUT2D eigenvalue weighted by Crippen LogP contribution is -2.51. The van der Waals surface area contributed by atoms with Crippen molar-refractivity contribution in [2.24, 2.45) is 23.5 Å². The van der Waals surface area contributed by atoms with Crippen molar-refractivity contribution in [1.29, 1.82) is 0 Å². The van der Waals surface area contributed by atoms with Gasteiger partial charge >= 0.3 is 0 Å². The molecule has 2 saturated heterocycles. The number of phenolic OH excluding ortho intramolecular Hbond substituents is 1. The van der Waals surface area contributed by atoms with Gasteiger partial charge in [0.2, 0.25) is 0 Å². The van der Waals surface area contributed by atoms with E-state index in [2.05, 4.69) is 39.5 Å². The number of aromatic hydroxyl groups is 1. The van der Waals surface area contributed by atoms with Gasteiger partial charge in [0.25, 0.3) is 11.8 Å². The summed E-state index contributed by atoms with van der Waals surface area (Å²) in [5.41, 5.74) is 13.5. The van der Waals surface area contributed by atoms with Crippen LogP contribution < -0.4 is 10.5 Å². The van der Waals surface area contributed by atoms with Crippen LogP contribution in [0.15, 0.2) is 91.0 Å². The van der Waals surface area contributed by atoms with Gasteiger partial charge < -0.3 is 34.5 Å². The van der Waals surface area contributed by atoms with Crippen molar-refractivity contribution in [3.05, 3.63) is 102 Å². The Balaban J connectivity index is 0.980. The van der Waals surface area contributed by atoms with Crippen molar-refractivity contribution in [3.8, 4) is 34.1 Å². The molecular formula is C44H44N6O4. The Bertz CT molecular complexity index is 2420. The van der Waals surface area contributed by atoms with E-state index in [1.807, 2.05) is 58.3 Å². The Morgan fingerprint density at radius 3 is 2.20 bits per heavy atom. The van der Waals surface area contributed by atoms with E-state index < -0.39 is 0 Å². The first-order chi connectivity index (χ1) is 26.3. The molecule has 10 rings (SSSR count). The Kier molecular flexibility index (Phi) is 7.80. The first-order valence-corrected chi connectivity index (χ1v) is 19.2. The number of phenols is 1. The first-order valence-electron chi connectivity index (χ1n) is 19.2. The Labute approximate surface area is 313 Å². The SMILES string of the molecule is COc1cc(C(=O)N2CC3CCC2[C@@H]3N)cc2nc(-c3cc4ccccc4n3CC3CC3)n(CC3CN(C(=O)c4ccc(-c5ccc(O)cc5)cc4)C3)c12. The van der Waals surface area contributed by atoms with E-state index in [1.165, 1.54) is 23.7 Å². The summed E-state index contributed by atoms with van der Waals surface area (Å²) in [4.78, 5) is 36.8. The molecule has 4 fully saturated rings. The maximum Gasteiger partial charge on any atom is 0.254 e. The molecule has 10 nitrogen and oxygen atoms in total. The molecule has 10 heteroatoms. The number of ether oxygens (including phenoxy) is 1. The Hall–Kier alpha value is -5.61. The van der Waals surface area contributed by atoms with Crippen LogP contribution in [0.1, 0.15) is 46.4 Å². The molecule has 6 aromatic rings. The van der Waals surface area contributed by atoms with Crippen LogP contribution in [-0.2, 0) is 13.1 Å². The first kappa shape index (κ1) is 33.0. The van der Waals surface area contributed by atoms with E-state index in [1.54, 1.807) is 19.2 Å². The molecule has 0 radical (unpaired) electrons. The molecule has 2 bridgehead atoms. The number of piperidine rings is 1. The zero-order valence-electron chi connectivity index (χ0n) is 30.4. The highest BCUT2D eigenvalue weighted by molar-refractivity contribution is 6.01. The fourth-order valence-electron chi connectivity index (χ4n) is 9.23. The number of hydrogen-bond donors (Lipinski definition) is 2.